The number of aromatic nitrogens is 2. The van der Waals surface area contributed by atoms with Crippen LogP contribution in [0.15, 0.2) is 30.5 Å². The lowest BCUT2D eigenvalue weighted by Crippen LogP contribution is -2.11. The van der Waals surface area contributed by atoms with Gasteiger partial charge < -0.3 is 5.11 Å². The fraction of sp³-hybridized carbons (Fsp3) is 0.438. The van der Waals surface area contributed by atoms with E-state index in [2.05, 4.69) is 55.2 Å². The van der Waals surface area contributed by atoms with Gasteiger partial charge in [-0.3, -0.25) is 5.10 Å². The number of aliphatic hydroxyl groups excluding tert-OH is 1. The van der Waals surface area contributed by atoms with Crippen molar-refractivity contribution in [3.8, 4) is 11.3 Å². The van der Waals surface area contributed by atoms with Crippen LogP contribution >= 0.6 is 0 Å². The average molecular weight is 258 g/mol. The maximum Gasteiger partial charge on any atom is 0.0687 e. The van der Waals surface area contributed by atoms with E-state index >= 15 is 0 Å². The van der Waals surface area contributed by atoms with E-state index in [-0.39, 0.29) is 12.0 Å². The van der Waals surface area contributed by atoms with E-state index in [0.29, 0.717) is 0 Å². The molecule has 2 aromatic rings. The first-order valence-electron chi connectivity index (χ1n) is 6.76. The molecule has 0 radical (unpaired) electrons. The van der Waals surface area contributed by atoms with Crippen LogP contribution in [0.2, 0.25) is 0 Å². The normalized spacial score (nSPS) is 11.8. The fourth-order valence-corrected chi connectivity index (χ4v) is 2.24. The minimum absolute atomic E-state index is 0.0729. The summed E-state index contributed by atoms with van der Waals surface area (Å²) in [5.41, 5.74) is 4.81. The zero-order valence-electron chi connectivity index (χ0n) is 11.9. The molecule has 0 fully saturated rings. The van der Waals surface area contributed by atoms with Crippen molar-refractivity contribution in [1.29, 1.82) is 0 Å². The minimum Gasteiger partial charge on any atom is -0.396 e. The second-order valence-electron chi connectivity index (χ2n) is 5.94. The molecule has 102 valence electrons. The van der Waals surface area contributed by atoms with Crippen LogP contribution in [0.4, 0.5) is 0 Å². The Hall–Kier alpha value is -1.61. The molecule has 2 rings (SSSR count). The lowest BCUT2D eigenvalue weighted by molar-refractivity contribution is 0.288. The van der Waals surface area contributed by atoms with Gasteiger partial charge in [-0.25, -0.2) is 0 Å². The highest BCUT2D eigenvalue weighted by Crippen LogP contribution is 2.31. The summed E-state index contributed by atoms with van der Waals surface area (Å²) in [5.74, 6) is 0. The fourth-order valence-electron chi connectivity index (χ4n) is 2.24. The summed E-state index contributed by atoms with van der Waals surface area (Å²) in [6, 6.07) is 8.45. The highest BCUT2D eigenvalue weighted by Gasteiger charge is 2.20. The van der Waals surface area contributed by atoms with Gasteiger partial charge in [0.05, 0.1) is 11.9 Å². The van der Waals surface area contributed by atoms with Crippen molar-refractivity contribution < 1.29 is 5.11 Å². The smallest absolute Gasteiger partial charge is 0.0687 e. The number of rotatable bonds is 4. The van der Waals surface area contributed by atoms with Gasteiger partial charge in [-0.2, -0.15) is 5.10 Å². The van der Waals surface area contributed by atoms with Gasteiger partial charge in [0.1, 0.15) is 0 Å². The van der Waals surface area contributed by atoms with Crippen molar-refractivity contribution >= 4 is 0 Å². The second-order valence-corrected chi connectivity index (χ2v) is 5.94. The maximum absolute atomic E-state index is 8.92. The molecule has 0 amide bonds. The number of aromatic amines is 1. The number of aryl methyl sites for hydroxylation is 1. The quantitative estimate of drug-likeness (QED) is 0.884. The molecule has 1 aromatic carbocycles. The molecular weight excluding hydrogens is 236 g/mol. The summed E-state index contributed by atoms with van der Waals surface area (Å²) >= 11 is 0. The van der Waals surface area contributed by atoms with E-state index in [1.807, 2.05) is 6.20 Å². The van der Waals surface area contributed by atoms with Crippen molar-refractivity contribution in [3.63, 3.8) is 0 Å². The lowest BCUT2D eigenvalue weighted by atomic mass is 9.85. The molecule has 0 aliphatic heterocycles. The number of H-pyrrole nitrogens is 1. The van der Waals surface area contributed by atoms with Gasteiger partial charge in [-0.05, 0) is 29.9 Å². The number of aliphatic hydroxyl groups is 1. The SMILES string of the molecule is CC(C)(C)c1cn[nH]c1-c1cccc(CCCO)c1. The first kappa shape index (κ1) is 13.8. The summed E-state index contributed by atoms with van der Waals surface area (Å²) in [6.45, 7) is 6.81. The Labute approximate surface area is 114 Å². The van der Waals surface area contributed by atoms with Crippen LogP contribution in [0.5, 0.6) is 0 Å². The lowest BCUT2D eigenvalue weighted by Gasteiger charge is -2.18. The Morgan fingerprint density at radius 2 is 2.05 bits per heavy atom. The molecule has 3 heteroatoms. The Morgan fingerprint density at radius 3 is 2.74 bits per heavy atom. The zero-order valence-corrected chi connectivity index (χ0v) is 11.9. The van der Waals surface area contributed by atoms with Crippen molar-refractivity contribution in [1.82, 2.24) is 10.2 Å². The third-order valence-corrected chi connectivity index (χ3v) is 3.29. The zero-order chi connectivity index (χ0) is 13.9. The second kappa shape index (κ2) is 5.57. The number of nitrogens with zero attached hydrogens (tertiary/aromatic N) is 1. The summed E-state index contributed by atoms with van der Waals surface area (Å²) in [5, 5.41) is 16.2. The van der Waals surface area contributed by atoms with E-state index in [0.717, 1.165) is 24.1 Å². The Balaban J connectivity index is 2.34. The minimum atomic E-state index is 0.0729. The van der Waals surface area contributed by atoms with Gasteiger partial charge in [0.15, 0.2) is 0 Å². The highest BCUT2D eigenvalue weighted by molar-refractivity contribution is 5.64. The Bertz CT molecular complexity index is 538. The van der Waals surface area contributed by atoms with Crippen LogP contribution in [-0.4, -0.2) is 21.9 Å². The molecule has 0 saturated carbocycles. The van der Waals surface area contributed by atoms with Gasteiger partial charge in [0.25, 0.3) is 0 Å². The topological polar surface area (TPSA) is 48.9 Å². The maximum atomic E-state index is 8.92. The summed E-state index contributed by atoms with van der Waals surface area (Å²) in [7, 11) is 0. The third kappa shape index (κ3) is 3.24. The van der Waals surface area contributed by atoms with Crippen LogP contribution in [-0.2, 0) is 11.8 Å². The van der Waals surface area contributed by atoms with Crippen molar-refractivity contribution in [2.24, 2.45) is 0 Å². The molecule has 3 nitrogen and oxygen atoms in total. The van der Waals surface area contributed by atoms with Crippen molar-refractivity contribution in [3.05, 3.63) is 41.6 Å². The molecule has 0 atom stereocenters. The first-order valence-corrected chi connectivity index (χ1v) is 6.76. The standard InChI is InChI=1S/C16H22N2O/c1-16(2,3)14-11-17-18-15(14)13-8-4-6-12(10-13)7-5-9-19/h4,6,8,10-11,19H,5,7,9H2,1-3H3,(H,17,18). The average Bonchev–Trinajstić information content (AvgIpc) is 2.86. The molecule has 0 spiro atoms. The van der Waals surface area contributed by atoms with Gasteiger partial charge in [-0.1, -0.05) is 39.0 Å². The Morgan fingerprint density at radius 1 is 1.26 bits per heavy atom. The number of hydrogen-bond donors (Lipinski definition) is 2. The highest BCUT2D eigenvalue weighted by atomic mass is 16.2. The largest absolute Gasteiger partial charge is 0.396 e. The van der Waals surface area contributed by atoms with E-state index in [9.17, 15) is 0 Å². The van der Waals surface area contributed by atoms with Gasteiger partial charge in [0.2, 0.25) is 0 Å². The van der Waals surface area contributed by atoms with E-state index in [4.69, 9.17) is 5.11 Å². The molecule has 19 heavy (non-hydrogen) atoms. The third-order valence-electron chi connectivity index (χ3n) is 3.29. The molecule has 0 bridgehead atoms. The molecule has 0 aliphatic rings. The predicted molar refractivity (Wildman–Crippen MR) is 78.1 cm³/mol. The van der Waals surface area contributed by atoms with E-state index < -0.39 is 0 Å². The van der Waals surface area contributed by atoms with Crippen molar-refractivity contribution in [2.45, 2.75) is 39.0 Å². The van der Waals surface area contributed by atoms with Crippen LogP contribution in [0, 0.1) is 0 Å². The van der Waals surface area contributed by atoms with E-state index in [1.165, 1.54) is 11.1 Å². The van der Waals surface area contributed by atoms with Crippen LogP contribution in [0.25, 0.3) is 11.3 Å². The monoisotopic (exact) mass is 258 g/mol. The number of benzene rings is 1. The number of nitrogens with one attached hydrogen (secondary N) is 1. The van der Waals surface area contributed by atoms with Gasteiger partial charge >= 0.3 is 0 Å². The molecule has 1 heterocycles. The van der Waals surface area contributed by atoms with Crippen LogP contribution in [0.1, 0.15) is 38.3 Å². The summed E-state index contributed by atoms with van der Waals surface area (Å²) in [4.78, 5) is 0. The molecule has 0 saturated heterocycles. The van der Waals surface area contributed by atoms with Gasteiger partial charge in [0, 0.05) is 17.7 Å². The molecular formula is C16H22N2O. The van der Waals surface area contributed by atoms with Crippen LogP contribution in [0.3, 0.4) is 0 Å². The molecule has 2 N–H and O–H groups in total. The number of hydrogen-bond acceptors (Lipinski definition) is 2. The molecule has 1 aromatic heterocycles. The summed E-state index contributed by atoms with van der Waals surface area (Å²) < 4.78 is 0. The summed E-state index contributed by atoms with van der Waals surface area (Å²) in [6.07, 6.45) is 3.62. The van der Waals surface area contributed by atoms with Crippen LogP contribution < -0.4 is 0 Å². The van der Waals surface area contributed by atoms with E-state index in [1.54, 1.807) is 0 Å². The van der Waals surface area contributed by atoms with Gasteiger partial charge in [-0.15, -0.1) is 0 Å². The van der Waals surface area contributed by atoms with Crippen molar-refractivity contribution in [2.75, 3.05) is 6.61 Å². The molecule has 0 aliphatic carbocycles. The first-order chi connectivity index (χ1) is 9.02. The Kier molecular flexibility index (Phi) is 4.05. The predicted octanol–water partition coefficient (Wildman–Crippen LogP) is 3.30. The molecule has 0 unspecified atom stereocenters.